The number of carbonyl (C=O) groups is 2. The number of nitrogens with zero attached hydrogens (tertiary/aromatic N) is 1. The van der Waals surface area contributed by atoms with Crippen molar-refractivity contribution >= 4 is 17.5 Å². The number of hydrogen-bond acceptors (Lipinski definition) is 6. The second-order valence-electron chi connectivity index (χ2n) is 7.04. The number of rotatable bonds is 7. The van der Waals surface area contributed by atoms with Crippen molar-refractivity contribution in [3.63, 3.8) is 0 Å². The Morgan fingerprint density at radius 3 is 2.57 bits per heavy atom. The molecule has 8 heteroatoms. The van der Waals surface area contributed by atoms with Crippen molar-refractivity contribution in [2.45, 2.75) is 12.8 Å². The van der Waals surface area contributed by atoms with Crippen molar-refractivity contribution in [2.24, 2.45) is 0 Å². The van der Waals surface area contributed by atoms with Crippen LogP contribution in [-0.2, 0) is 20.7 Å². The lowest BCUT2D eigenvalue weighted by atomic mass is 10.1. The maximum Gasteiger partial charge on any atom is 0.260 e. The van der Waals surface area contributed by atoms with Crippen LogP contribution in [0.4, 0.5) is 5.69 Å². The second kappa shape index (κ2) is 9.49. The van der Waals surface area contributed by atoms with E-state index < -0.39 is 0 Å². The molecule has 2 aliphatic heterocycles. The van der Waals surface area contributed by atoms with Gasteiger partial charge in [0.1, 0.15) is 5.75 Å². The van der Waals surface area contributed by atoms with Crippen molar-refractivity contribution in [3.05, 3.63) is 48.0 Å². The lowest BCUT2D eigenvalue weighted by Gasteiger charge is -2.26. The van der Waals surface area contributed by atoms with Crippen LogP contribution in [0, 0.1) is 0 Å². The first-order valence-corrected chi connectivity index (χ1v) is 9.94. The Morgan fingerprint density at radius 2 is 1.77 bits per heavy atom. The van der Waals surface area contributed by atoms with E-state index in [4.69, 9.17) is 18.9 Å². The number of fused-ring (bicyclic) bond motifs is 1. The molecular weight excluding hydrogens is 388 g/mol. The van der Waals surface area contributed by atoms with Crippen molar-refractivity contribution in [1.29, 1.82) is 0 Å². The largest absolute Gasteiger partial charge is 0.484 e. The molecule has 2 heterocycles. The predicted molar refractivity (Wildman–Crippen MR) is 109 cm³/mol. The highest BCUT2D eigenvalue weighted by Crippen LogP contribution is 2.32. The fraction of sp³-hybridized carbons (Fsp3) is 0.364. The van der Waals surface area contributed by atoms with Gasteiger partial charge in [0.2, 0.25) is 12.7 Å². The third-order valence-electron chi connectivity index (χ3n) is 4.94. The van der Waals surface area contributed by atoms with Crippen LogP contribution < -0.4 is 19.5 Å². The molecule has 4 rings (SSSR count). The summed E-state index contributed by atoms with van der Waals surface area (Å²) >= 11 is 0. The molecule has 0 aliphatic carbocycles. The highest BCUT2D eigenvalue weighted by Gasteiger charge is 2.17. The fourth-order valence-electron chi connectivity index (χ4n) is 3.26. The van der Waals surface area contributed by atoms with E-state index in [1.807, 2.05) is 18.2 Å². The van der Waals surface area contributed by atoms with Crippen molar-refractivity contribution in [1.82, 2.24) is 4.90 Å². The molecule has 0 atom stereocenters. The molecule has 30 heavy (non-hydrogen) atoms. The molecule has 0 spiro atoms. The van der Waals surface area contributed by atoms with Gasteiger partial charge in [-0.1, -0.05) is 6.07 Å². The van der Waals surface area contributed by atoms with E-state index >= 15 is 0 Å². The summed E-state index contributed by atoms with van der Waals surface area (Å²) in [4.78, 5) is 26.1. The first kappa shape index (κ1) is 20.0. The molecule has 1 saturated heterocycles. The van der Waals surface area contributed by atoms with Gasteiger partial charge in [0.05, 0.1) is 13.2 Å². The molecule has 1 N–H and O–H groups in total. The van der Waals surface area contributed by atoms with Gasteiger partial charge in [0, 0.05) is 25.2 Å². The van der Waals surface area contributed by atoms with Crippen LogP contribution in [0.5, 0.6) is 17.2 Å². The van der Waals surface area contributed by atoms with E-state index in [-0.39, 0.29) is 25.2 Å². The maximum absolute atomic E-state index is 12.2. The minimum atomic E-state index is -0.0798. The smallest absolute Gasteiger partial charge is 0.260 e. The Bertz CT molecular complexity index is 893. The standard InChI is InChI=1S/C22H24N2O6/c25-21(8-2-16-1-7-19-20(13-16)30-15-29-19)23-17-3-5-18(6-4-17)28-14-22(26)24-9-11-27-12-10-24/h1,3-7,13H,2,8-12,14-15H2,(H,23,25). The highest BCUT2D eigenvalue weighted by molar-refractivity contribution is 5.90. The van der Waals surface area contributed by atoms with E-state index in [0.29, 0.717) is 50.6 Å². The van der Waals surface area contributed by atoms with Gasteiger partial charge < -0.3 is 29.2 Å². The average molecular weight is 412 g/mol. The minimum absolute atomic E-state index is 0.0127. The highest BCUT2D eigenvalue weighted by atomic mass is 16.7. The van der Waals surface area contributed by atoms with E-state index in [1.165, 1.54) is 0 Å². The van der Waals surface area contributed by atoms with Gasteiger partial charge in [-0.15, -0.1) is 0 Å². The number of anilines is 1. The van der Waals surface area contributed by atoms with Gasteiger partial charge in [-0.3, -0.25) is 9.59 Å². The normalized spacial score (nSPS) is 15.0. The number of benzene rings is 2. The third kappa shape index (κ3) is 5.21. The quantitative estimate of drug-likeness (QED) is 0.751. The number of morpholine rings is 1. The summed E-state index contributed by atoms with van der Waals surface area (Å²) in [6.07, 6.45) is 0.958. The molecule has 2 aliphatic rings. The predicted octanol–water partition coefficient (Wildman–Crippen LogP) is 2.22. The summed E-state index contributed by atoms with van der Waals surface area (Å²) in [5, 5.41) is 2.87. The number of amides is 2. The topological polar surface area (TPSA) is 86.3 Å². The van der Waals surface area contributed by atoms with Gasteiger partial charge >= 0.3 is 0 Å². The lowest BCUT2D eigenvalue weighted by molar-refractivity contribution is -0.137. The van der Waals surface area contributed by atoms with Crippen molar-refractivity contribution in [2.75, 3.05) is 45.0 Å². The third-order valence-corrected chi connectivity index (χ3v) is 4.94. The summed E-state index contributed by atoms with van der Waals surface area (Å²) in [5.74, 6) is 1.89. The monoisotopic (exact) mass is 412 g/mol. The molecule has 0 radical (unpaired) electrons. The Labute approximate surface area is 174 Å². The van der Waals surface area contributed by atoms with Gasteiger partial charge in [-0.2, -0.15) is 0 Å². The summed E-state index contributed by atoms with van der Waals surface area (Å²) in [5.41, 5.74) is 1.70. The van der Waals surface area contributed by atoms with E-state index in [2.05, 4.69) is 5.32 Å². The molecule has 158 valence electrons. The first-order valence-electron chi connectivity index (χ1n) is 9.94. The molecular formula is C22H24N2O6. The summed E-state index contributed by atoms with van der Waals surface area (Å²) in [6.45, 7) is 2.55. The summed E-state index contributed by atoms with van der Waals surface area (Å²) < 4.78 is 21.4. The van der Waals surface area contributed by atoms with Crippen molar-refractivity contribution < 1.29 is 28.5 Å². The Morgan fingerprint density at radius 1 is 1.00 bits per heavy atom. The number of aryl methyl sites for hydroxylation is 1. The molecule has 0 saturated carbocycles. The number of carbonyl (C=O) groups excluding carboxylic acids is 2. The van der Waals surface area contributed by atoms with Crippen LogP contribution in [0.3, 0.4) is 0 Å². The minimum Gasteiger partial charge on any atom is -0.484 e. The van der Waals surface area contributed by atoms with E-state index in [0.717, 1.165) is 17.1 Å². The summed E-state index contributed by atoms with van der Waals surface area (Å²) in [6, 6.07) is 12.7. The second-order valence-corrected chi connectivity index (χ2v) is 7.04. The Balaban J connectivity index is 1.21. The van der Waals surface area contributed by atoms with Gasteiger partial charge in [0.25, 0.3) is 5.91 Å². The molecule has 2 amide bonds. The Hall–Kier alpha value is -3.26. The zero-order chi connectivity index (χ0) is 20.8. The van der Waals surface area contributed by atoms with Gasteiger partial charge in [0.15, 0.2) is 18.1 Å². The van der Waals surface area contributed by atoms with Crippen LogP contribution in [0.15, 0.2) is 42.5 Å². The van der Waals surface area contributed by atoms with Crippen LogP contribution >= 0.6 is 0 Å². The zero-order valence-corrected chi connectivity index (χ0v) is 16.6. The molecule has 1 fully saturated rings. The number of hydrogen-bond donors (Lipinski definition) is 1. The molecule has 2 aromatic carbocycles. The molecule has 8 nitrogen and oxygen atoms in total. The maximum atomic E-state index is 12.2. The van der Waals surface area contributed by atoms with Crippen LogP contribution in [0.1, 0.15) is 12.0 Å². The van der Waals surface area contributed by atoms with Crippen molar-refractivity contribution in [3.8, 4) is 17.2 Å². The zero-order valence-electron chi connectivity index (χ0n) is 16.6. The molecule has 2 aromatic rings. The van der Waals surface area contributed by atoms with Gasteiger partial charge in [-0.25, -0.2) is 0 Å². The molecule has 0 bridgehead atoms. The fourth-order valence-corrected chi connectivity index (χ4v) is 3.26. The Kier molecular flexibility index (Phi) is 6.34. The van der Waals surface area contributed by atoms with Gasteiger partial charge in [-0.05, 0) is 48.4 Å². The summed E-state index contributed by atoms with van der Waals surface area (Å²) in [7, 11) is 0. The first-order chi connectivity index (χ1) is 14.7. The number of ether oxygens (including phenoxy) is 4. The number of nitrogens with one attached hydrogen (secondary N) is 1. The van der Waals surface area contributed by atoms with Crippen LogP contribution in [0.2, 0.25) is 0 Å². The molecule has 0 aromatic heterocycles. The van der Waals surface area contributed by atoms with Crippen LogP contribution in [0.25, 0.3) is 0 Å². The van der Waals surface area contributed by atoms with E-state index in [1.54, 1.807) is 29.2 Å². The lowest BCUT2D eigenvalue weighted by Crippen LogP contribution is -2.42. The molecule has 0 unspecified atom stereocenters. The SMILES string of the molecule is O=C(CCc1ccc2c(c1)OCO2)Nc1ccc(OCC(=O)N2CCOCC2)cc1. The van der Waals surface area contributed by atoms with E-state index in [9.17, 15) is 9.59 Å². The van der Waals surface area contributed by atoms with Crippen LogP contribution in [-0.4, -0.2) is 56.4 Å². The average Bonchev–Trinajstić information content (AvgIpc) is 3.25.